The molecule has 0 saturated heterocycles. The van der Waals surface area contributed by atoms with Crippen LogP contribution in [0.2, 0.25) is 0 Å². The van der Waals surface area contributed by atoms with Gasteiger partial charge in [-0.25, -0.2) is 0 Å². The van der Waals surface area contributed by atoms with Crippen LogP contribution in [0.15, 0.2) is 0 Å². The van der Waals surface area contributed by atoms with Gasteiger partial charge in [0.2, 0.25) is 0 Å². The van der Waals surface area contributed by atoms with Gasteiger partial charge in [-0.15, -0.1) is 0 Å². The van der Waals surface area contributed by atoms with Gasteiger partial charge >= 0.3 is 5.97 Å². The van der Waals surface area contributed by atoms with Crippen molar-refractivity contribution in [3.63, 3.8) is 0 Å². The molecule has 1 N–H and O–H groups in total. The van der Waals surface area contributed by atoms with E-state index in [1.54, 1.807) is 0 Å². The summed E-state index contributed by atoms with van der Waals surface area (Å²) in [7, 11) is 0. The lowest BCUT2D eigenvalue weighted by atomic mass is 8.96. The molecule has 0 aliphatic heterocycles. The van der Waals surface area contributed by atoms with E-state index in [0.717, 1.165) is 17.8 Å². The van der Waals surface area contributed by atoms with Gasteiger partial charge in [-0.1, -0.05) is 15.9 Å². The van der Waals surface area contributed by atoms with Crippen LogP contribution in [0.1, 0.15) is 0 Å². The average Bonchev–Trinajstić information content (AvgIpc) is 2.04. The monoisotopic (exact) mass is 226 g/mol. The van der Waals surface area contributed by atoms with Crippen molar-refractivity contribution < 1.29 is 9.90 Å². The Hall–Kier alpha value is -0.0500. The van der Waals surface area contributed by atoms with Crippen molar-refractivity contribution in [2.75, 3.05) is 0 Å². The lowest BCUT2D eigenvalue weighted by Crippen LogP contribution is -3.12. The molecule has 0 heterocycles. The van der Waals surface area contributed by atoms with Crippen LogP contribution in [0.3, 0.4) is 0 Å². The molecule has 6 fully saturated rings. The molecule has 6 rings (SSSR count). The summed E-state index contributed by atoms with van der Waals surface area (Å²) in [5.74, 6) is 3.61. The van der Waals surface area contributed by atoms with E-state index in [4.69, 9.17) is 5.11 Å². The van der Waals surface area contributed by atoms with E-state index in [0.29, 0.717) is 22.1 Å². The minimum absolute atomic E-state index is 0.171. The molecule has 3 heteroatoms. The molecule has 0 aromatic carbocycles. The first kappa shape index (κ1) is 5.63. The largest absolute Gasteiger partial charge is 0.481 e. The minimum atomic E-state index is -0.486. The Balaban J connectivity index is 1.75. The Kier molecular flexibility index (Phi) is 0.469. The van der Waals surface area contributed by atoms with Gasteiger partial charge in [-0.3, -0.25) is 4.79 Å². The number of hydrogen-bond donors (Lipinski definition) is 1. The predicted octanol–water partition coefficient (Wildman–Crippen LogP) is 0.956. The Labute approximate surface area is 77.5 Å². The summed E-state index contributed by atoms with van der Waals surface area (Å²) in [6, 6.07) is 0. The van der Waals surface area contributed by atoms with Crippen molar-refractivity contribution in [3.8, 4) is 0 Å². The zero-order valence-electron chi connectivity index (χ0n) is 6.20. The highest BCUT2D eigenvalue weighted by atomic mass is 79.9. The van der Waals surface area contributed by atoms with Crippen LogP contribution >= 0.6 is 15.9 Å². The van der Waals surface area contributed by atoms with Gasteiger partial charge < -0.3 is 5.11 Å². The van der Waals surface area contributed by atoms with Crippen molar-refractivity contribution in [3.05, 3.63) is 0 Å². The number of alkyl halides is 1. The first-order chi connectivity index (χ1) is 5.68. The highest BCUT2D eigenvalue weighted by Crippen LogP contribution is 3.08. The van der Waals surface area contributed by atoms with E-state index in [-0.39, 0.29) is 5.41 Å². The standard InChI is InChI=1S/C9H7BrO2/c10-9-4-1-5(9)3-6(9)2(4)8(1,3)7(11)12/h1-6H,(H,11,12). The summed E-state index contributed by atoms with van der Waals surface area (Å²) >= 11 is 3.80. The van der Waals surface area contributed by atoms with Gasteiger partial charge in [0.25, 0.3) is 0 Å². The van der Waals surface area contributed by atoms with E-state index < -0.39 is 5.97 Å². The summed E-state index contributed by atoms with van der Waals surface area (Å²) < 4.78 is 0.476. The van der Waals surface area contributed by atoms with Crippen LogP contribution in [0.4, 0.5) is 0 Å². The number of carbonyl (C=O) groups is 1. The molecule has 6 saturated carbocycles. The summed E-state index contributed by atoms with van der Waals surface area (Å²) in [6.07, 6.45) is 0. The second-order valence-corrected chi connectivity index (χ2v) is 6.59. The topological polar surface area (TPSA) is 37.3 Å². The molecule has 0 radical (unpaired) electrons. The number of aliphatic carboxylic acids is 1. The van der Waals surface area contributed by atoms with Crippen molar-refractivity contribution in [1.29, 1.82) is 0 Å². The first-order valence-electron chi connectivity index (χ1n) is 4.60. The van der Waals surface area contributed by atoms with E-state index in [1.807, 2.05) is 0 Å². The SMILES string of the molecule is O=C(O)C12C3C4C1C1C2C3C41Br. The van der Waals surface area contributed by atoms with Crippen LogP contribution in [-0.2, 0) is 4.79 Å². The van der Waals surface area contributed by atoms with Gasteiger partial charge in [0.1, 0.15) is 0 Å². The Morgan fingerprint density at radius 3 is 1.83 bits per heavy atom. The van der Waals surface area contributed by atoms with Crippen LogP contribution < -0.4 is 0 Å². The van der Waals surface area contributed by atoms with Crippen molar-refractivity contribution in [2.45, 2.75) is 4.32 Å². The molecular weight excluding hydrogens is 220 g/mol. The lowest BCUT2D eigenvalue weighted by molar-refractivity contribution is -0.577. The molecule has 0 bridgehead atoms. The molecule has 0 aromatic rings. The zero-order chi connectivity index (χ0) is 8.04. The normalized spacial score (nSPS) is 88.1. The fourth-order valence-electron chi connectivity index (χ4n) is 5.82. The summed E-state index contributed by atoms with van der Waals surface area (Å²) in [5, 5.41) is 9.13. The molecule has 2 nitrogen and oxygen atoms in total. The Bertz CT molecular complexity index is 321. The third-order valence-electron chi connectivity index (χ3n) is 5.88. The summed E-state index contributed by atoms with van der Waals surface area (Å²) in [5.41, 5.74) is -0.171. The fourth-order valence-corrected chi connectivity index (χ4v) is 7.53. The molecule has 62 valence electrons. The number of hydrogen-bond acceptors (Lipinski definition) is 1. The van der Waals surface area contributed by atoms with Crippen molar-refractivity contribution >= 4 is 21.9 Å². The second kappa shape index (κ2) is 0.999. The maximum absolute atomic E-state index is 11.1. The number of carboxylic acids is 1. The number of halogens is 1. The van der Waals surface area contributed by atoms with Gasteiger partial charge in [0, 0.05) is 4.32 Å². The average molecular weight is 227 g/mol. The highest BCUT2D eigenvalue weighted by molar-refractivity contribution is 9.10. The number of carboxylic acid groups (broad SMARTS) is 1. The first-order valence-corrected chi connectivity index (χ1v) is 5.39. The quantitative estimate of drug-likeness (QED) is 0.677. The van der Waals surface area contributed by atoms with Crippen molar-refractivity contribution in [1.82, 2.24) is 0 Å². The van der Waals surface area contributed by atoms with Gasteiger partial charge in [0.15, 0.2) is 0 Å². The molecule has 6 aliphatic rings. The van der Waals surface area contributed by atoms with Gasteiger partial charge in [-0.05, 0) is 35.5 Å². The second-order valence-electron chi connectivity index (χ2n) is 5.22. The third-order valence-corrected chi connectivity index (χ3v) is 7.47. The van der Waals surface area contributed by atoms with Crippen LogP contribution in [0.25, 0.3) is 0 Å². The summed E-state index contributed by atoms with van der Waals surface area (Å²) in [4.78, 5) is 11.1. The predicted molar refractivity (Wildman–Crippen MR) is 42.7 cm³/mol. The molecule has 0 amide bonds. The van der Waals surface area contributed by atoms with Crippen LogP contribution in [0, 0.1) is 40.9 Å². The van der Waals surface area contributed by atoms with Gasteiger partial charge in [0.05, 0.1) is 5.41 Å². The van der Waals surface area contributed by atoms with Crippen LogP contribution in [-0.4, -0.2) is 15.4 Å². The van der Waals surface area contributed by atoms with Crippen LogP contribution in [0.5, 0.6) is 0 Å². The molecule has 12 heavy (non-hydrogen) atoms. The Morgan fingerprint density at radius 1 is 1.08 bits per heavy atom. The minimum Gasteiger partial charge on any atom is -0.481 e. The highest BCUT2D eigenvalue weighted by Gasteiger charge is 3.11. The summed E-state index contributed by atoms with van der Waals surface area (Å²) in [6.45, 7) is 0. The van der Waals surface area contributed by atoms with Gasteiger partial charge in [-0.2, -0.15) is 0 Å². The third kappa shape index (κ3) is 0.183. The van der Waals surface area contributed by atoms with Crippen molar-refractivity contribution in [2.24, 2.45) is 40.9 Å². The number of rotatable bonds is 1. The zero-order valence-corrected chi connectivity index (χ0v) is 7.78. The maximum Gasteiger partial charge on any atom is 0.310 e. The smallest absolute Gasteiger partial charge is 0.310 e. The molecule has 0 unspecified atom stereocenters. The molecule has 6 aliphatic carbocycles. The molecular formula is C9H7BrO2. The van der Waals surface area contributed by atoms with E-state index in [9.17, 15) is 4.79 Å². The van der Waals surface area contributed by atoms with E-state index in [2.05, 4.69) is 15.9 Å². The maximum atomic E-state index is 11.1. The fraction of sp³-hybridized carbons (Fsp3) is 0.889. The van der Waals surface area contributed by atoms with E-state index >= 15 is 0 Å². The van der Waals surface area contributed by atoms with E-state index in [1.165, 1.54) is 0 Å². The molecule has 0 atom stereocenters. The molecule has 0 aromatic heterocycles. The Morgan fingerprint density at radius 2 is 1.50 bits per heavy atom. The molecule has 0 spiro atoms. The lowest BCUT2D eigenvalue weighted by Gasteiger charge is -3.08.